The third-order valence-corrected chi connectivity index (χ3v) is 4.10. The molecular formula is C11H13NO3S2. The zero-order chi connectivity index (χ0) is 12.6. The molecule has 0 N–H and O–H groups in total. The maximum absolute atomic E-state index is 11.8. The number of thiophene rings is 1. The molecule has 1 saturated heterocycles. The molecule has 0 spiro atoms. The molecule has 1 atom stereocenters. The minimum atomic E-state index is -0.395. The average molecular weight is 271 g/mol. The van der Waals surface area contributed by atoms with Crippen molar-refractivity contribution in [1.82, 2.24) is 0 Å². The summed E-state index contributed by atoms with van der Waals surface area (Å²) < 4.78 is 4.73. The van der Waals surface area contributed by atoms with E-state index >= 15 is 0 Å². The summed E-state index contributed by atoms with van der Waals surface area (Å²) in [4.78, 5) is 25.6. The van der Waals surface area contributed by atoms with E-state index in [-0.39, 0.29) is 11.2 Å². The standard InChI is InChI=1S/C11H13NO3S2/c1-6-5-17-10(11(14)15-2)9(6)12-4-7(16)3-8(12)13/h5,7,16H,3-4H2,1-2H3. The molecule has 6 heteroatoms. The Morgan fingerprint density at radius 1 is 1.65 bits per heavy atom. The maximum atomic E-state index is 11.8. The second kappa shape index (κ2) is 4.70. The number of ether oxygens (including phenoxy) is 1. The molecule has 0 bridgehead atoms. The van der Waals surface area contributed by atoms with Crippen LogP contribution in [0, 0.1) is 6.92 Å². The van der Waals surface area contributed by atoms with Gasteiger partial charge in [-0.15, -0.1) is 11.3 Å². The first kappa shape index (κ1) is 12.4. The lowest BCUT2D eigenvalue weighted by atomic mass is 10.2. The van der Waals surface area contributed by atoms with E-state index < -0.39 is 5.97 Å². The molecule has 0 aliphatic carbocycles. The van der Waals surface area contributed by atoms with Crippen molar-refractivity contribution >= 4 is 41.5 Å². The minimum Gasteiger partial charge on any atom is -0.465 e. The molecule has 1 unspecified atom stereocenters. The van der Waals surface area contributed by atoms with E-state index in [1.807, 2.05) is 12.3 Å². The SMILES string of the molecule is COC(=O)c1scc(C)c1N1CC(S)CC1=O. The number of carbonyl (C=O) groups is 2. The summed E-state index contributed by atoms with van der Waals surface area (Å²) in [5.41, 5.74) is 1.61. The summed E-state index contributed by atoms with van der Waals surface area (Å²) in [6.07, 6.45) is 0.416. The number of rotatable bonds is 2. The molecule has 1 amide bonds. The van der Waals surface area contributed by atoms with Gasteiger partial charge in [0.25, 0.3) is 0 Å². The first-order valence-electron chi connectivity index (χ1n) is 5.19. The van der Waals surface area contributed by atoms with E-state index in [0.29, 0.717) is 23.5 Å². The largest absolute Gasteiger partial charge is 0.465 e. The van der Waals surface area contributed by atoms with Crippen LogP contribution in [0.25, 0.3) is 0 Å². The summed E-state index contributed by atoms with van der Waals surface area (Å²) in [5.74, 6) is -0.384. The van der Waals surface area contributed by atoms with Crippen LogP contribution in [0.3, 0.4) is 0 Å². The monoisotopic (exact) mass is 271 g/mol. The van der Waals surface area contributed by atoms with Crippen molar-refractivity contribution in [2.24, 2.45) is 0 Å². The number of methoxy groups -OCH3 is 1. The van der Waals surface area contributed by atoms with Crippen LogP contribution in [-0.2, 0) is 9.53 Å². The molecule has 1 fully saturated rings. The highest BCUT2D eigenvalue weighted by Crippen LogP contribution is 2.35. The zero-order valence-corrected chi connectivity index (χ0v) is 11.3. The molecule has 4 nitrogen and oxygen atoms in total. The van der Waals surface area contributed by atoms with Crippen molar-refractivity contribution in [3.8, 4) is 0 Å². The molecule has 0 saturated carbocycles. The summed E-state index contributed by atoms with van der Waals surface area (Å²) in [6.45, 7) is 2.43. The lowest BCUT2D eigenvalue weighted by molar-refractivity contribution is -0.117. The Bertz CT molecular complexity index is 469. The number of aryl methyl sites for hydroxylation is 1. The van der Waals surface area contributed by atoms with E-state index in [2.05, 4.69) is 12.6 Å². The van der Waals surface area contributed by atoms with Crippen molar-refractivity contribution in [3.05, 3.63) is 15.8 Å². The zero-order valence-electron chi connectivity index (χ0n) is 9.60. The molecule has 1 aliphatic rings. The summed E-state index contributed by atoms with van der Waals surface area (Å²) >= 11 is 5.62. The fourth-order valence-electron chi connectivity index (χ4n) is 1.92. The summed E-state index contributed by atoms with van der Waals surface area (Å²) in [7, 11) is 1.34. The quantitative estimate of drug-likeness (QED) is 0.660. The Morgan fingerprint density at radius 2 is 2.35 bits per heavy atom. The molecular weight excluding hydrogens is 258 g/mol. The Hall–Kier alpha value is -1.01. The number of carbonyl (C=O) groups excluding carboxylic acids is 2. The van der Waals surface area contributed by atoms with Crippen molar-refractivity contribution in [3.63, 3.8) is 0 Å². The number of hydrogen-bond acceptors (Lipinski definition) is 5. The Labute approximate surface area is 109 Å². The van der Waals surface area contributed by atoms with E-state index in [1.54, 1.807) is 4.90 Å². The number of nitrogens with zero attached hydrogens (tertiary/aromatic N) is 1. The number of amides is 1. The predicted molar refractivity (Wildman–Crippen MR) is 70.1 cm³/mol. The molecule has 1 aromatic rings. The van der Waals surface area contributed by atoms with Crippen LogP contribution < -0.4 is 4.90 Å². The topological polar surface area (TPSA) is 46.6 Å². The van der Waals surface area contributed by atoms with E-state index in [0.717, 1.165) is 5.56 Å². The van der Waals surface area contributed by atoms with Gasteiger partial charge in [-0.2, -0.15) is 12.6 Å². The lowest BCUT2D eigenvalue weighted by Crippen LogP contribution is -2.26. The van der Waals surface area contributed by atoms with E-state index in [4.69, 9.17) is 4.74 Å². The Morgan fingerprint density at radius 3 is 2.88 bits per heavy atom. The van der Waals surface area contributed by atoms with Crippen LogP contribution in [0.5, 0.6) is 0 Å². The van der Waals surface area contributed by atoms with E-state index in [9.17, 15) is 9.59 Å². The summed E-state index contributed by atoms with van der Waals surface area (Å²) in [5, 5.41) is 1.90. The first-order valence-corrected chi connectivity index (χ1v) is 6.59. The number of anilines is 1. The molecule has 1 aromatic heterocycles. The predicted octanol–water partition coefficient (Wildman–Crippen LogP) is 1.88. The highest BCUT2D eigenvalue weighted by molar-refractivity contribution is 7.81. The van der Waals surface area contributed by atoms with Crippen molar-refractivity contribution in [1.29, 1.82) is 0 Å². The van der Waals surface area contributed by atoms with Crippen LogP contribution in [0.15, 0.2) is 5.38 Å². The van der Waals surface area contributed by atoms with Gasteiger partial charge in [0.2, 0.25) is 5.91 Å². The molecule has 0 radical (unpaired) electrons. The molecule has 1 aliphatic heterocycles. The van der Waals surface area contributed by atoms with Crippen molar-refractivity contribution in [2.45, 2.75) is 18.6 Å². The summed E-state index contributed by atoms with van der Waals surface area (Å²) in [6, 6.07) is 0. The molecule has 17 heavy (non-hydrogen) atoms. The maximum Gasteiger partial charge on any atom is 0.350 e. The smallest absolute Gasteiger partial charge is 0.350 e. The normalized spacial score (nSPS) is 19.8. The van der Waals surface area contributed by atoms with Crippen LogP contribution in [0.1, 0.15) is 21.7 Å². The van der Waals surface area contributed by atoms with Crippen LogP contribution >= 0.6 is 24.0 Å². The molecule has 92 valence electrons. The van der Waals surface area contributed by atoms with E-state index in [1.165, 1.54) is 18.4 Å². The first-order chi connectivity index (χ1) is 8.04. The molecule has 2 rings (SSSR count). The Balaban J connectivity index is 2.41. The van der Waals surface area contributed by atoms with Crippen LogP contribution in [0.4, 0.5) is 5.69 Å². The fourth-order valence-corrected chi connectivity index (χ4v) is 3.20. The third-order valence-electron chi connectivity index (χ3n) is 2.69. The van der Waals surface area contributed by atoms with Gasteiger partial charge in [-0.1, -0.05) is 0 Å². The van der Waals surface area contributed by atoms with Gasteiger partial charge in [0, 0.05) is 18.2 Å². The number of hydrogen-bond donors (Lipinski definition) is 1. The van der Waals surface area contributed by atoms with Gasteiger partial charge < -0.3 is 9.64 Å². The number of thiol groups is 1. The van der Waals surface area contributed by atoms with Gasteiger partial charge in [0.15, 0.2) is 0 Å². The lowest BCUT2D eigenvalue weighted by Gasteiger charge is -2.17. The van der Waals surface area contributed by atoms with Gasteiger partial charge in [0.1, 0.15) is 4.88 Å². The van der Waals surface area contributed by atoms with Crippen molar-refractivity contribution in [2.75, 3.05) is 18.6 Å². The minimum absolute atomic E-state index is 0.0108. The van der Waals surface area contributed by atoms with Gasteiger partial charge in [-0.05, 0) is 17.9 Å². The highest BCUT2D eigenvalue weighted by atomic mass is 32.1. The van der Waals surface area contributed by atoms with Crippen LogP contribution in [-0.4, -0.2) is 30.8 Å². The molecule has 2 heterocycles. The average Bonchev–Trinajstić information content (AvgIpc) is 2.80. The van der Waals surface area contributed by atoms with Gasteiger partial charge in [-0.25, -0.2) is 4.79 Å². The third kappa shape index (κ3) is 2.19. The second-order valence-electron chi connectivity index (χ2n) is 3.95. The highest BCUT2D eigenvalue weighted by Gasteiger charge is 2.33. The molecule has 0 aromatic carbocycles. The number of esters is 1. The van der Waals surface area contributed by atoms with Crippen LogP contribution in [0.2, 0.25) is 0 Å². The fraction of sp³-hybridized carbons (Fsp3) is 0.455. The van der Waals surface area contributed by atoms with Gasteiger partial charge in [0.05, 0.1) is 12.8 Å². The second-order valence-corrected chi connectivity index (χ2v) is 5.56. The van der Waals surface area contributed by atoms with Gasteiger partial charge >= 0.3 is 5.97 Å². The van der Waals surface area contributed by atoms with Crippen molar-refractivity contribution < 1.29 is 14.3 Å². The Kier molecular flexibility index (Phi) is 3.44. The van der Waals surface area contributed by atoms with Gasteiger partial charge in [-0.3, -0.25) is 4.79 Å².